The van der Waals surface area contributed by atoms with Crippen LogP contribution in [0.15, 0.2) is 58.6 Å². The fourth-order valence-corrected chi connectivity index (χ4v) is 7.09. The quantitative estimate of drug-likeness (QED) is 0.413. The minimum absolute atomic E-state index is 0.163. The zero-order valence-corrected chi connectivity index (χ0v) is 25.9. The molecule has 2 aliphatic heterocycles. The maximum atomic E-state index is 13.5. The van der Waals surface area contributed by atoms with Gasteiger partial charge < -0.3 is 19.5 Å². The number of likely N-dealkylation sites (N-methyl/N-ethyl adjacent to an activating group) is 1. The van der Waals surface area contributed by atoms with Gasteiger partial charge >= 0.3 is 12.0 Å². The number of urea groups is 1. The lowest BCUT2D eigenvalue weighted by Crippen LogP contribution is -2.56. The van der Waals surface area contributed by atoms with E-state index in [1.807, 2.05) is 20.8 Å². The van der Waals surface area contributed by atoms with Crippen molar-refractivity contribution < 1.29 is 32.2 Å². The smallest absolute Gasteiger partial charge is 0.338 e. The lowest BCUT2D eigenvalue weighted by Gasteiger charge is -2.42. The highest BCUT2D eigenvalue weighted by molar-refractivity contribution is 7.89. The van der Waals surface area contributed by atoms with Crippen LogP contribution in [0.3, 0.4) is 0 Å². The molecule has 1 fully saturated rings. The second-order valence-corrected chi connectivity index (χ2v) is 12.3. The molecular weight excluding hydrogens is 560 g/mol. The third-order valence-corrected chi connectivity index (χ3v) is 9.64. The number of carbonyl (C=O) groups is 2. The first-order valence-electron chi connectivity index (χ1n) is 14.1. The minimum atomic E-state index is -3.68. The van der Waals surface area contributed by atoms with Crippen molar-refractivity contribution >= 4 is 22.0 Å². The highest BCUT2D eigenvalue weighted by Gasteiger charge is 2.40. The van der Waals surface area contributed by atoms with Crippen molar-refractivity contribution in [1.29, 1.82) is 0 Å². The second-order valence-electron chi connectivity index (χ2n) is 10.4. The number of hydrogen-bond donors (Lipinski definition) is 1. The first-order valence-corrected chi connectivity index (χ1v) is 15.5. The van der Waals surface area contributed by atoms with E-state index in [0.29, 0.717) is 48.0 Å². The van der Waals surface area contributed by atoms with Crippen LogP contribution in [0.2, 0.25) is 0 Å². The van der Waals surface area contributed by atoms with Gasteiger partial charge in [-0.15, -0.1) is 0 Å². The average Bonchev–Trinajstić information content (AvgIpc) is 2.97. The lowest BCUT2D eigenvalue weighted by molar-refractivity contribution is -0.139. The fraction of sp³-hybridized carbons (Fsp3) is 0.467. The van der Waals surface area contributed by atoms with Crippen molar-refractivity contribution in [3.63, 3.8) is 0 Å². The summed E-state index contributed by atoms with van der Waals surface area (Å²) in [6.07, 6.45) is 0. The first-order chi connectivity index (χ1) is 20.0. The standard InChI is InChI=1S/C30H40N4O7S/c1-7-33-26(19-32-13-14-34(21(4)18-32)42(37,38)25-11-9-20(3)10-12-25)27(29(35)41-8-2)28(31-30(33)36)22-15-23(39-5)17-24(16-22)40-6/h9-12,15-17,21,28H,7-8,13-14,18-19H2,1-6H3,(H,31,36). The highest BCUT2D eigenvalue weighted by Crippen LogP contribution is 2.36. The SMILES string of the molecule is CCOC(=O)C1=C(CN2CCN(S(=O)(=O)c3ccc(C)cc3)C(C)C2)N(CC)C(=O)NC1c1cc(OC)cc(OC)c1. The van der Waals surface area contributed by atoms with Crippen molar-refractivity contribution in [3.8, 4) is 11.5 Å². The summed E-state index contributed by atoms with van der Waals surface area (Å²) >= 11 is 0. The Hall–Kier alpha value is -3.61. The minimum Gasteiger partial charge on any atom is -0.497 e. The van der Waals surface area contributed by atoms with Gasteiger partial charge in [-0.05, 0) is 57.5 Å². The number of esters is 1. The number of hydrogen-bond acceptors (Lipinski definition) is 8. The number of nitrogens with zero attached hydrogens (tertiary/aromatic N) is 3. The molecule has 1 N–H and O–H groups in total. The summed E-state index contributed by atoms with van der Waals surface area (Å²) in [5.41, 5.74) is 2.43. The molecule has 2 unspecified atom stereocenters. The average molecular weight is 601 g/mol. The second kappa shape index (κ2) is 13.1. The number of benzene rings is 2. The van der Waals surface area contributed by atoms with Crippen LogP contribution in [-0.4, -0.2) is 94.1 Å². The van der Waals surface area contributed by atoms with E-state index in [0.717, 1.165) is 5.56 Å². The number of rotatable bonds is 10. The van der Waals surface area contributed by atoms with Gasteiger partial charge in [0.05, 0.1) is 37.3 Å². The van der Waals surface area contributed by atoms with Crippen molar-refractivity contribution in [2.45, 2.75) is 44.7 Å². The molecule has 0 aliphatic carbocycles. The predicted octanol–water partition coefficient (Wildman–Crippen LogP) is 3.31. The Morgan fingerprint density at radius 3 is 2.21 bits per heavy atom. The van der Waals surface area contributed by atoms with E-state index >= 15 is 0 Å². The summed E-state index contributed by atoms with van der Waals surface area (Å²) < 4.78 is 44.7. The molecule has 11 nitrogen and oxygen atoms in total. The Morgan fingerprint density at radius 1 is 1.02 bits per heavy atom. The van der Waals surface area contributed by atoms with Crippen LogP contribution in [0, 0.1) is 6.92 Å². The Labute approximate surface area is 248 Å². The number of amides is 2. The summed E-state index contributed by atoms with van der Waals surface area (Å²) in [5.74, 6) is 0.494. The van der Waals surface area contributed by atoms with Crippen LogP contribution in [0.5, 0.6) is 11.5 Å². The third-order valence-electron chi connectivity index (χ3n) is 7.61. The zero-order valence-electron chi connectivity index (χ0n) is 25.0. The summed E-state index contributed by atoms with van der Waals surface area (Å²) in [4.78, 5) is 30.8. The van der Waals surface area contributed by atoms with Crippen LogP contribution >= 0.6 is 0 Å². The van der Waals surface area contributed by atoms with E-state index in [9.17, 15) is 18.0 Å². The summed E-state index contributed by atoms with van der Waals surface area (Å²) in [7, 11) is -0.612. The number of carbonyl (C=O) groups excluding carboxylic acids is 2. The Morgan fingerprint density at radius 2 is 1.67 bits per heavy atom. The topological polar surface area (TPSA) is 118 Å². The van der Waals surface area contributed by atoms with Gasteiger partial charge in [-0.25, -0.2) is 18.0 Å². The number of nitrogens with one attached hydrogen (secondary N) is 1. The normalized spacial score (nSPS) is 20.3. The molecule has 2 amide bonds. The summed E-state index contributed by atoms with van der Waals surface area (Å²) in [6, 6.07) is 10.6. The Bertz CT molecular complexity index is 1420. The van der Waals surface area contributed by atoms with E-state index in [2.05, 4.69) is 10.2 Å². The van der Waals surface area contributed by atoms with E-state index in [4.69, 9.17) is 14.2 Å². The molecule has 2 heterocycles. The van der Waals surface area contributed by atoms with E-state index < -0.39 is 22.0 Å². The van der Waals surface area contributed by atoms with Gasteiger partial charge in [0.1, 0.15) is 11.5 Å². The van der Waals surface area contributed by atoms with E-state index in [1.54, 1.807) is 54.3 Å². The number of piperazine rings is 1. The van der Waals surface area contributed by atoms with Gasteiger partial charge in [0.2, 0.25) is 10.0 Å². The fourth-order valence-electron chi connectivity index (χ4n) is 5.48. The summed E-state index contributed by atoms with van der Waals surface area (Å²) in [6.45, 7) is 9.22. The maximum absolute atomic E-state index is 13.5. The van der Waals surface area contributed by atoms with Gasteiger partial charge in [0, 0.05) is 50.5 Å². The molecule has 1 saturated heterocycles. The van der Waals surface area contributed by atoms with Crippen molar-refractivity contribution in [1.82, 2.24) is 19.4 Å². The molecule has 228 valence electrons. The molecule has 0 aromatic heterocycles. The van der Waals surface area contributed by atoms with Crippen LogP contribution in [0.4, 0.5) is 4.79 Å². The molecule has 12 heteroatoms. The van der Waals surface area contributed by atoms with Crippen LogP contribution in [0.1, 0.15) is 37.9 Å². The monoisotopic (exact) mass is 600 g/mol. The Kier molecular flexibility index (Phi) is 9.80. The molecule has 4 rings (SSSR count). The molecule has 2 atom stereocenters. The van der Waals surface area contributed by atoms with E-state index in [1.165, 1.54) is 18.5 Å². The number of methoxy groups -OCH3 is 2. The third kappa shape index (κ3) is 6.40. The van der Waals surface area contributed by atoms with Crippen molar-refractivity contribution in [3.05, 3.63) is 64.9 Å². The highest BCUT2D eigenvalue weighted by atomic mass is 32.2. The Balaban J connectivity index is 1.69. The van der Waals surface area contributed by atoms with Crippen molar-refractivity contribution in [2.24, 2.45) is 0 Å². The molecule has 2 aliphatic rings. The van der Waals surface area contributed by atoms with E-state index in [-0.39, 0.29) is 36.7 Å². The van der Waals surface area contributed by atoms with Crippen molar-refractivity contribution in [2.75, 3.05) is 53.6 Å². The first kappa shape index (κ1) is 31.3. The molecule has 0 saturated carbocycles. The van der Waals surface area contributed by atoms with Gasteiger partial charge in [0.25, 0.3) is 0 Å². The lowest BCUT2D eigenvalue weighted by atomic mass is 9.93. The molecule has 0 radical (unpaired) electrons. The predicted molar refractivity (Wildman–Crippen MR) is 158 cm³/mol. The van der Waals surface area contributed by atoms with Gasteiger partial charge in [0.15, 0.2) is 0 Å². The zero-order chi connectivity index (χ0) is 30.6. The summed E-state index contributed by atoms with van der Waals surface area (Å²) in [5, 5.41) is 2.96. The van der Waals surface area contributed by atoms with Gasteiger partial charge in [-0.1, -0.05) is 17.7 Å². The largest absolute Gasteiger partial charge is 0.497 e. The van der Waals surface area contributed by atoms with Crippen LogP contribution in [0.25, 0.3) is 0 Å². The number of ether oxygens (including phenoxy) is 3. The van der Waals surface area contributed by atoms with Gasteiger partial charge in [-0.3, -0.25) is 9.80 Å². The maximum Gasteiger partial charge on any atom is 0.338 e. The molecule has 2 aromatic carbocycles. The van der Waals surface area contributed by atoms with Gasteiger partial charge in [-0.2, -0.15) is 4.31 Å². The molecule has 42 heavy (non-hydrogen) atoms. The molecule has 0 spiro atoms. The number of aryl methyl sites for hydroxylation is 1. The number of sulfonamides is 1. The van der Waals surface area contributed by atoms with Crippen LogP contribution in [-0.2, 0) is 19.6 Å². The van der Waals surface area contributed by atoms with Crippen LogP contribution < -0.4 is 14.8 Å². The molecular formula is C30H40N4O7S. The molecule has 2 aromatic rings. The molecule has 0 bridgehead atoms.